The Balaban J connectivity index is 1.62. The lowest BCUT2D eigenvalue weighted by atomic mass is 10.00. The third-order valence-electron chi connectivity index (χ3n) is 4.66. The molecule has 0 saturated heterocycles. The van der Waals surface area contributed by atoms with E-state index in [1.54, 1.807) is 6.07 Å². The van der Waals surface area contributed by atoms with Crippen LogP contribution in [-0.4, -0.2) is 37.0 Å². The molecule has 0 saturated carbocycles. The molecule has 6 nitrogen and oxygen atoms in total. The number of alkyl halides is 2. The van der Waals surface area contributed by atoms with E-state index >= 15 is 0 Å². The zero-order valence-electron chi connectivity index (χ0n) is 15.2. The molecule has 1 aliphatic heterocycles. The molecule has 0 aliphatic carbocycles. The van der Waals surface area contributed by atoms with Crippen molar-refractivity contribution < 1.29 is 22.8 Å². The number of benzene rings is 2. The Labute approximate surface area is 160 Å². The highest BCUT2D eigenvalue weighted by Crippen LogP contribution is 2.33. The van der Waals surface area contributed by atoms with Crippen molar-refractivity contribution in [1.29, 1.82) is 0 Å². The lowest BCUT2D eigenvalue weighted by Crippen LogP contribution is -2.16. The summed E-state index contributed by atoms with van der Waals surface area (Å²) in [6.07, 6.45) is 1.95. The average molecular weight is 387 g/mol. The van der Waals surface area contributed by atoms with Crippen LogP contribution in [0.15, 0.2) is 40.9 Å². The summed E-state index contributed by atoms with van der Waals surface area (Å²) < 4.78 is 39.9. The van der Waals surface area contributed by atoms with E-state index in [0.717, 1.165) is 31.5 Å². The van der Waals surface area contributed by atoms with Crippen LogP contribution in [0.3, 0.4) is 0 Å². The van der Waals surface area contributed by atoms with E-state index < -0.39 is 6.61 Å². The van der Waals surface area contributed by atoms with Crippen LogP contribution in [-0.2, 0) is 12.8 Å². The van der Waals surface area contributed by atoms with E-state index in [1.165, 1.54) is 30.4 Å². The van der Waals surface area contributed by atoms with Crippen LogP contribution in [0.1, 0.15) is 11.1 Å². The first-order valence-electron chi connectivity index (χ1n) is 8.94. The molecule has 0 spiro atoms. The van der Waals surface area contributed by atoms with Crippen molar-refractivity contribution in [1.82, 2.24) is 15.5 Å². The van der Waals surface area contributed by atoms with Crippen molar-refractivity contribution in [3.05, 3.63) is 47.5 Å². The Morgan fingerprint density at radius 3 is 2.57 bits per heavy atom. The largest absolute Gasteiger partial charge is 0.493 e. The number of fused-ring (bicyclic) bond motifs is 1. The van der Waals surface area contributed by atoms with Crippen molar-refractivity contribution >= 4 is 0 Å². The van der Waals surface area contributed by atoms with Crippen LogP contribution in [0, 0.1) is 0 Å². The molecule has 3 aromatic rings. The van der Waals surface area contributed by atoms with E-state index in [2.05, 4.69) is 32.3 Å². The number of ether oxygens (including phenoxy) is 2. The summed E-state index contributed by atoms with van der Waals surface area (Å²) in [5.41, 5.74) is 4.03. The van der Waals surface area contributed by atoms with Gasteiger partial charge in [-0.05, 0) is 67.4 Å². The normalized spacial score (nSPS) is 13.9. The first-order chi connectivity index (χ1) is 13.6. The van der Waals surface area contributed by atoms with Crippen LogP contribution in [0.2, 0.25) is 0 Å². The molecule has 0 atom stereocenters. The summed E-state index contributed by atoms with van der Waals surface area (Å²) in [7, 11) is 1.38. The number of hydrogen-bond acceptors (Lipinski definition) is 6. The van der Waals surface area contributed by atoms with E-state index in [1.807, 2.05) is 6.07 Å². The van der Waals surface area contributed by atoms with Gasteiger partial charge in [0.1, 0.15) is 0 Å². The second-order valence-electron chi connectivity index (χ2n) is 6.40. The van der Waals surface area contributed by atoms with Gasteiger partial charge in [0.05, 0.1) is 7.11 Å². The lowest BCUT2D eigenvalue weighted by molar-refractivity contribution is -0.0512. The predicted octanol–water partition coefficient (Wildman–Crippen LogP) is 3.70. The van der Waals surface area contributed by atoms with Gasteiger partial charge in [0, 0.05) is 11.1 Å². The van der Waals surface area contributed by atoms with Crippen molar-refractivity contribution in [2.75, 3.05) is 20.2 Å². The van der Waals surface area contributed by atoms with Gasteiger partial charge in [0.2, 0.25) is 5.82 Å². The molecule has 1 aromatic heterocycles. The van der Waals surface area contributed by atoms with E-state index in [9.17, 15) is 8.78 Å². The first kappa shape index (κ1) is 18.4. The van der Waals surface area contributed by atoms with Gasteiger partial charge in [-0.2, -0.15) is 13.8 Å². The maximum absolute atomic E-state index is 12.5. The minimum absolute atomic E-state index is 0.0515. The molecule has 2 heterocycles. The molecule has 0 amide bonds. The fraction of sp³-hybridized carbons (Fsp3) is 0.300. The van der Waals surface area contributed by atoms with Crippen LogP contribution in [0.4, 0.5) is 8.78 Å². The van der Waals surface area contributed by atoms with Gasteiger partial charge in [0.25, 0.3) is 5.89 Å². The predicted molar refractivity (Wildman–Crippen MR) is 98.6 cm³/mol. The fourth-order valence-corrected chi connectivity index (χ4v) is 3.26. The highest BCUT2D eigenvalue weighted by molar-refractivity contribution is 5.64. The van der Waals surface area contributed by atoms with E-state index in [0.29, 0.717) is 17.3 Å². The summed E-state index contributed by atoms with van der Waals surface area (Å²) in [5.74, 6) is 0.862. The van der Waals surface area contributed by atoms with Gasteiger partial charge in [-0.3, -0.25) is 0 Å². The standard InChI is InChI=1S/C20H19F2N3O3/c1-26-17-11-14(4-5-16(17)27-20(21)22)18-24-19(28-25-18)15-3-2-12-6-8-23-9-7-13(12)10-15/h2-5,10-11,20,23H,6-9H2,1H3. The van der Waals surface area contributed by atoms with Crippen LogP contribution >= 0.6 is 0 Å². The molecular weight excluding hydrogens is 368 g/mol. The third kappa shape index (κ3) is 3.82. The second-order valence-corrected chi connectivity index (χ2v) is 6.40. The molecular formula is C20H19F2N3O3. The van der Waals surface area contributed by atoms with Gasteiger partial charge < -0.3 is 19.3 Å². The van der Waals surface area contributed by atoms with Crippen molar-refractivity contribution in [3.8, 4) is 34.3 Å². The summed E-state index contributed by atoms with van der Waals surface area (Å²) in [4.78, 5) is 4.45. The average Bonchev–Trinajstić information content (AvgIpc) is 3.07. The fourth-order valence-electron chi connectivity index (χ4n) is 3.26. The number of nitrogens with one attached hydrogen (secondary N) is 1. The molecule has 8 heteroatoms. The van der Waals surface area contributed by atoms with Crippen molar-refractivity contribution in [2.24, 2.45) is 0 Å². The number of hydrogen-bond donors (Lipinski definition) is 1. The molecule has 1 N–H and O–H groups in total. The molecule has 146 valence electrons. The van der Waals surface area contributed by atoms with Crippen LogP contribution in [0.25, 0.3) is 22.8 Å². The molecule has 1 aliphatic rings. The summed E-state index contributed by atoms with van der Waals surface area (Å²) in [6.45, 7) is -1.01. The SMILES string of the molecule is COc1cc(-c2noc(-c3ccc4c(c3)CCNCC4)n2)ccc1OC(F)F. The number of nitrogens with zero attached hydrogens (tertiary/aromatic N) is 2. The molecule has 4 rings (SSSR count). The Morgan fingerprint density at radius 2 is 1.79 bits per heavy atom. The molecule has 0 bridgehead atoms. The van der Waals surface area contributed by atoms with E-state index in [-0.39, 0.29) is 11.5 Å². The van der Waals surface area contributed by atoms with Gasteiger partial charge >= 0.3 is 6.61 Å². The number of halogens is 2. The monoisotopic (exact) mass is 387 g/mol. The van der Waals surface area contributed by atoms with Gasteiger partial charge in [-0.15, -0.1) is 0 Å². The number of rotatable bonds is 5. The van der Waals surface area contributed by atoms with Crippen molar-refractivity contribution in [3.63, 3.8) is 0 Å². The van der Waals surface area contributed by atoms with Gasteiger partial charge in [-0.25, -0.2) is 0 Å². The van der Waals surface area contributed by atoms with Crippen LogP contribution < -0.4 is 14.8 Å². The van der Waals surface area contributed by atoms with E-state index in [4.69, 9.17) is 9.26 Å². The first-order valence-corrected chi connectivity index (χ1v) is 8.94. The van der Waals surface area contributed by atoms with Gasteiger partial charge in [-0.1, -0.05) is 11.2 Å². The zero-order valence-corrected chi connectivity index (χ0v) is 15.2. The maximum atomic E-state index is 12.5. The quantitative estimate of drug-likeness (QED) is 0.720. The second kappa shape index (κ2) is 7.93. The third-order valence-corrected chi connectivity index (χ3v) is 4.66. The minimum Gasteiger partial charge on any atom is -0.493 e. The van der Waals surface area contributed by atoms with Crippen LogP contribution in [0.5, 0.6) is 11.5 Å². The number of aromatic nitrogens is 2. The highest BCUT2D eigenvalue weighted by atomic mass is 19.3. The topological polar surface area (TPSA) is 69.4 Å². The Morgan fingerprint density at radius 1 is 1.00 bits per heavy atom. The smallest absolute Gasteiger partial charge is 0.387 e. The molecule has 28 heavy (non-hydrogen) atoms. The Bertz CT molecular complexity index is 975. The lowest BCUT2D eigenvalue weighted by Gasteiger charge is -2.10. The zero-order chi connectivity index (χ0) is 19.5. The Kier molecular flexibility index (Phi) is 5.21. The number of methoxy groups -OCH3 is 1. The van der Waals surface area contributed by atoms with Crippen molar-refractivity contribution in [2.45, 2.75) is 19.5 Å². The minimum atomic E-state index is -2.93. The summed E-state index contributed by atoms with van der Waals surface area (Å²) in [5, 5.41) is 7.40. The maximum Gasteiger partial charge on any atom is 0.387 e. The Hall–Kier alpha value is -3.00. The summed E-state index contributed by atoms with van der Waals surface area (Å²) in [6, 6.07) is 10.7. The van der Waals surface area contributed by atoms with Gasteiger partial charge in [0.15, 0.2) is 11.5 Å². The summed E-state index contributed by atoms with van der Waals surface area (Å²) >= 11 is 0. The molecule has 0 fully saturated rings. The molecule has 0 radical (unpaired) electrons. The molecule has 2 aromatic carbocycles. The highest BCUT2D eigenvalue weighted by Gasteiger charge is 2.17. The molecule has 0 unspecified atom stereocenters.